The molecule has 3 rings (SSSR count). The Bertz CT molecular complexity index is 1160. The zero-order chi connectivity index (χ0) is 24.1. The van der Waals surface area contributed by atoms with Gasteiger partial charge in [-0.1, -0.05) is 12.1 Å². The van der Waals surface area contributed by atoms with E-state index in [0.29, 0.717) is 28.4 Å². The van der Waals surface area contributed by atoms with Crippen LogP contribution in [0.2, 0.25) is 0 Å². The van der Waals surface area contributed by atoms with Crippen molar-refractivity contribution in [3.63, 3.8) is 0 Å². The first-order chi connectivity index (χ1) is 15.7. The maximum atomic E-state index is 11.4. The zero-order valence-corrected chi connectivity index (χ0v) is 19.0. The van der Waals surface area contributed by atoms with Gasteiger partial charge in [0, 0.05) is 18.0 Å². The third-order valence-corrected chi connectivity index (χ3v) is 5.21. The van der Waals surface area contributed by atoms with E-state index in [1.807, 2.05) is 32.0 Å². The highest BCUT2D eigenvalue weighted by Gasteiger charge is 2.28. The van der Waals surface area contributed by atoms with E-state index in [9.17, 15) is 19.8 Å². The van der Waals surface area contributed by atoms with E-state index in [1.54, 1.807) is 38.4 Å². The molecular weight excluding hydrogens is 426 g/mol. The van der Waals surface area contributed by atoms with Gasteiger partial charge in [0.25, 0.3) is 0 Å². The SMILES string of the molecule is COc1ccc2ncc(COc3cccc(C)c3CC(C(=O)O)C(=O)O)c(OC(C)C)c2c1. The number of carboxylic acid groups (broad SMARTS) is 2. The van der Waals surface area contributed by atoms with Crippen molar-refractivity contribution >= 4 is 22.8 Å². The van der Waals surface area contributed by atoms with Crippen LogP contribution in [0.1, 0.15) is 30.5 Å². The number of fused-ring (bicyclic) bond motifs is 1. The van der Waals surface area contributed by atoms with Crippen LogP contribution in [0.25, 0.3) is 10.9 Å². The molecule has 2 aromatic carbocycles. The second-order valence-electron chi connectivity index (χ2n) is 7.94. The van der Waals surface area contributed by atoms with Crippen molar-refractivity contribution < 1.29 is 34.0 Å². The topological polar surface area (TPSA) is 115 Å². The maximum Gasteiger partial charge on any atom is 0.318 e. The molecule has 174 valence electrons. The van der Waals surface area contributed by atoms with Gasteiger partial charge in [0.05, 0.1) is 24.3 Å². The van der Waals surface area contributed by atoms with Crippen LogP contribution in [0, 0.1) is 12.8 Å². The molecule has 0 aliphatic heterocycles. The second kappa shape index (κ2) is 10.2. The maximum absolute atomic E-state index is 11.4. The Balaban J connectivity index is 1.97. The number of benzene rings is 2. The molecule has 0 saturated carbocycles. The van der Waals surface area contributed by atoms with Gasteiger partial charge in [-0.3, -0.25) is 14.6 Å². The molecule has 0 aliphatic rings. The molecule has 8 heteroatoms. The van der Waals surface area contributed by atoms with E-state index in [2.05, 4.69) is 4.98 Å². The molecular formula is C25H27NO7. The van der Waals surface area contributed by atoms with Crippen LogP contribution >= 0.6 is 0 Å². The van der Waals surface area contributed by atoms with Gasteiger partial charge in [0.2, 0.25) is 0 Å². The van der Waals surface area contributed by atoms with Crippen molar-refractivity contribution in [1.82, 2.24) is 4.98 Å². The number of methoxy groups -OCH3 is 1. The minimum Gasteiger partial charge on any atom is -0.497 e. The number of aromatic nitrogens is 1. The predicted octanol–water partition coefficient (Wildman–Crippen LogP) is 4.25. The highest BCUT2D eigenvalue weighted by atomic mass is 16.5. The number of ether oxygens (including phenoxy) is 3. The Kier molecular flexibility index (Phi) is 7.37. The molecule has 2 N–H and O–H groups in total. The van der Waals surface area contributed by atoms with Crippen LogP contribution < -0.4 is 14.2 Å². The van der Waals surface area contributed by atoms with Crippen molar-refractivity contribution in [2.75, 3.05) is 7.11 Å². The van der Waals surface area contributed by atoms with Gasteiger partial charge in [-0.05, 0) is 56.2 Å². The van der Waals surface area contributed by atoms with Crippen molar-refractivity contribution in [1.29, 1.82) is 0 Å². The summed E-state index contributed by atoms with van der Waals surface area (Å²) in [6, 6.07) is 10.8. The fourth-order valence-corrected chi connectivity index (χ4v) is 3.51. The average molecular weight is 453 g/mol. The van der Waals surface area contributed by atoms with Gasteiger partial charge >= 0.3 is 11.9 Å². The largest absolute Gasteiger partial charge is 0.497 e. The quantitative estimate of drug-likeness (QED) is 0.438. The lowest BCUT2D eigenvalue weighted by Crippen LogP contribution is -2.26. The number of nitrogens with zero attached hydrogens (tertiary/aromatic N) is 1. The number of aliphatic carboxylic acids is 2. The lowest BCUT2D eigenvalue weighted by molar-refractivity contribution is -0.154. The molecule has 0 bridgehead atoms. The summed E-state index contributed by atoms with van der Waals surface area (Å²) in [5.41, 5.74) is 2.73. The van der Waals surface area contributed by atoms with Crippen LogP contribution in [0.15, 0.2) is 42.6 Å². The van der Waals surface area contributed by atoms with Crippen LogP contribution in [0.5, 0.6) is 17.2 Å². The van der Waals surface area contributed by atoms with Crippen molar-refractivity contribution in [3.05, 3.63) is 59.3 Å². The molecule has 33 heavy (non-hydrogen) atoms. The third-order valence-electron chi connectivity index (χ3n) is 5.21. The normalized spacial score (nSPS) is 11.1. The molecule has 0 aliphatic carbocycles. The summed E-state index contributed by atoms with van der Waals surface area (Å²) in [6.07, 6.45) is 1.40. The Labute approximate surface area is 191 Å². The first-order valence-electron chi connectivity index (χ1n) is 10.5. The lowest BCUT2D eigenvalue weighted by atomic mass is 9.95. The average Bonchev–Trinajstić information content (AvgIpc) is 2.76. The van der Waals surface area contributed by atoms with Crippen LogP contribution in [0.3, 0.4) is 0 Å². The number of aryl methyl sites for hydroxylation is 1. The summed E-state index contributed by atoms with van der Waals surface area (Å²) < 4.78 is 17.5. The number of hydrogen-bond acceptors (Lipinski definition) is 6. The van der Waals surface area contributed by atoms with E-state index in [4.69, 9.17) is 14.2 Å². The third kappa shape index (κ3) is 5.52. The van der Waals surface area contributed by atoms with Gasteiger partial charge in [-0.25, -0.2) is 0 Å². The zero-order valence-electron chi connectivity index (χ0n) is 19.0. The Morgan fingerprint density at radius 2 is 1.82 bits per heavy atom. The van der Waals surface area contributed by atoms with Gasteiger partial charge in [-0.2, -0.15) is 0 Å². The summed E-state index contributed by atoms with van der Waals surface area (Å²) in [5.74, 6) is -2.64. The summed E-state index contributed by atoms with van der Waals surface area (Å²) in [6.45, 7) is 5.74. The monoisotopic (exact) mass is 453 g/mol. The number of pyridine rings is 1. The molecule has 0 fully saturated rings. The first kappa shape index (κ1) is 23.8. The lowest BCUT2D eigenvalue weighted by Gasteiger charge is -2.19. The van der Waals surface area contributed by atoms with E-state index in [0.717, 1.165) is 16.5 Å². The minimum atomic E-state index is -1.57. The van der Waals surface area contributed by atoms with Gasteiger partial charge in [0.15, 0.2) is 5.92 Å². The van der Waals surface area contributed by atoms with E-state index in [-0.39, 0.29) is 19.1 Å². The molecule has 0 radical (unpaired) electrons. The highest BCUT2D eigenvalue weighted by molar-refractivity contribution is 5.93. The molecule has 1 aromatic heterocycles. The summed E-state index contributed by atoms with van der Waals surface area (Å²) in [7, 11) is 1.59. The molecule has 0 saturated heterocycles. The summed E-state index contributed by atoms with van der Waals surface area (Å²) in [5, 5.41) is 19.4. The van der Waals surface area contributed by atoms with Crippen LogP contribution in [0.4, 0.5) is 0 Å². The highest BCUT2D eigenvalue weighted by Crippen LogP contribution is 2.34. The second-order valence-corrected chi connectivity index (χ2v) is 7.94. The van der Waals surface area contributed by atoms with Crippen molar-refractivity contribution in [2.45, 2.75) is 39.9 Å². The first-order valence-corrected chi connectivity index (χ1v) is 10.5. The molecule has 0 spiro atoms. The molecule has 3 aromatic rings. The molecule has 0 unspecified atom stereocenters. The Morgan fingerprint density at radius 1 is 1.09 bits per heavy atom. The van der Waals surface area contributed by atoms with Gasteiger partial charge < -0.3 is 24.4 Å². The smallest absolute Gasteiger partial charge is 0.318 e. The van der Waals surface area contributed by atoms with Gasteiger partial charge in [0.1, 0.15) is 23.9 Å². The number of hydrogen-bond donors (Lipinski definition) is 2. The standard InChI is InChI=1S/C25H27NO7/c1-14(2)33-23-16(12-26-21-9-8-17(31-4)10-19(21)23)13-32-22-7-5-6-15(3)18(22)11-20(24(27)28)25(29)30/h5-10,12,14,20H,11,13H2,1-4H3,(H,27,28)(H,29,30). The van der Waals surface area contributed by atoms with Crippen molar-refractivity contribution in [2.24, 2.45) is 5.92 Å². The number of rotatable bonds is 10. The fraction of sp³-hybridized carbons (Fsp3) is 0.320. The predicted molar refractivity (Wildman–Crippen MR) is 122 cm³/mol. The minimum absolute atomic E-state index is 0.0954. The van der Waals surface area contributed by atoms with Gasteiger partial charge in [-0.15, -0.1) is 0 Å². The number of carboxylic acids is 2. The number of carbonyl (C=O) groups is 2. The van der Waals surface area contributed by atoms with E-state index < -0.39 is 17.9 Å². The molecule has 0 amide bonds. The molecule has 8 nitrogen and oxygen atoms in total. The molecule has 1 heterocycles. The van der Waals surface area contributed by atoms with E-state index >= 15 is 0 Å². The summed E-state index contributed by atoms with van der Waals surface area (Å²) in [4.78, 5) is 27.3. The Hall–Kier alpha value is -3.81. The summed E-state index contributed by atoms with van der Waals surface area (Å²) >= 11 is 0. The van der Waals surface area contributed by atoms with Crippen LogP contribution in [-0.4, -0.2) is 40.3 Å². The molecule has 0 atom stereocenters. The fourth-order valence-electron chi connectivity index (χ4n) is 3.51. The Morgan fingerprint density at radius 3 is 2.45 bits per heavy atom. The van der Waals surface area contributed by atoms with Crippen molar-refractivity contribution in [3.8, 4) is 17.2 Å². The van der Waals surface area contributed by atoms with E-state index in [1.165, 1.54) is 0 Å². The van der Waals surface area contributed by atoms with Crippen LogP contribution in [-0.2, 0) is 22.6 Å².